The van der Waals surface area contributed by atoms with Crippen LogP contribution in [-0.4, -0.2) is 11.7 Å². The van der Waals surface area contributed by atoms with Crippen molar-refractivity contribution < 1.29 is 9.50 Å². The number of aliphatic hydroxyl groups excluding tert-OH is 1. The highest BCUT2D eigenvalue weighted by Crippen LogP contribution is 2.63. The summed E-state index contributed by atoms with van der Waals surface area (Å²) >= 11 is 0. The predicted molar refractivity (Wildman–Crippen MR) is 143 cm³/mol. The van der Waals surface area contributed by atoms with Crippen LogP contribution in [0.5, 0.6) is 0 Å². The van der Waals surface area contributed by atoms with Gasteiger partial charge in [0.1, 0.15) is 5.82 Å². The van der Waals surface area contributed by atoms with Crippen LogP contribution in [0.25, 0.3) is 0 Å². The van der Waals surface area contributed by atoms with Gasteiger partial charge in [0, 0.05) is 6.61 Å². The minimum atomic E-state index is 0.0342. The van der Waals surface area contributed by atoms with Gasteiger partial charge in [-0.25, -0.2) is 4.39 Å². The van der Waals surface area contributed by atoms with Crippen molar-refractivity contribution in [3.05, 3.63) is 82.2 Å². The molecular weight excluding hydrogens is 419 g/mol. The summed E-state index contributed by atoms with van der Waals surface area (Å²) in [5, 5.41) is 8.88. The van der Waals surface area contributed by atoms with Gasteiger partial charge in [-0.1, -0.05) is 74.7 Å². The molecule has 2 heteroatoms. The smallest absolute Gasteiger partial charge is 0.127 e. The van der Waals surface area contributed by atoms with E-state index in [1.807, 2.05) is 13.0 Å². The molecule has 0 radical (unpaired) electrons. The summed E-state index contributed by atoms with van der Waals surface area (Å²) in [5.41, 5.74) is 6.21. The minimum Gasteiger partial charge on any atom is -0.396 e. The van der Waals surface area contributed by atoms with Crippen LogP contribution in [-0.2, 0) is 6.42 Å². The fourth-order valence-electron chi connectivity index (χ4n) is 5.97. The lowest BCUT2D eigenvalue weighted by atomic mass is 9.96. The number of hydrogen-bond acceptors (Lipinski definition) is 1. The normalized spacial score (nSPS) is 25.8. The van der Waals surface area contributed by atoms with Crippen LogP contribution in [0.4, 0.5) is 4.39 Å². The van der Waals surface area contributed by atoms with Crippen LogP contribution in [0, 0.1) is 37.4 Å². The number of hydrogen-bond donors (Lipinski definition) is 1. The highest BCUT2D eigenvalue weighted by atomic mass is 19.1. The fraction of sp³-hybridized carbons (Fsp3) is 0.562. The van der Waals surface area contributed by atoms with Gasteiger partial charge in [0.2, 0.25) is 0 Å². The molecule has 0 bridgehead atoms. The highest BCUT2D eigenvalue weighted by molar-refractivity contribution is 5.39. The summed E-state index contributed by atoms with van der Waals surface area (Å²) < 4.78 is 13.9. The lowest BCUT2D eigenvalue weighted by molar-refractivity contribution is 0.231. The topological polar surface area (TPSA) is 20.2 Å². The molecule has 3 atom stereocenters. The molecule has 0 spiro atoms. The van der Waals surface area contributed by atoms with Gasteiger partial charge in [0.15, 0.2) is 0 Å². The van der Waals surface area contributed by atoms with E-state index in [2.05, 4.69) is 57.2 Å². The van der Waals surface area contributed by atoms with Crippen LogP contribution < -0.4 is 0 Å². The number of halogens is 1. The van der Waals surface area contributed by atoms with Gasteiger partial charge in [-0.3, -0.25) is 0 Å². The first-order valence-corrected chi connectivity index (χ1v) is 13.6. The SMILES string of the molecule is CCC/C=C1\CC[C@H](CO)C1.CCc1ccccc1.Cc1cc(C)c(C2C3CCCC32)c(F)c1. The first kappa shape index (κ1) is 26.7. The fourth-order valence-corrected chi connectivity index (χ4v) is 5.97. The maximum absolute atomic E-state index is 13.9. The van der Waals surface area contributed by atoms with E-state index in [9.17, 15) is 4.39 Å². The van der Waals surface area contributed by atoms with Crippen LogP contribution >= 0.6 is 0 Å². The minimum absolute atomic E-state index is 0.0342. The molecule has 3 saturated carbocycles. The quantitative estimate of drug-likeness (QED) is 0.439. The Hall–Kier alpha value is -1.93. The molecule has 0 saturated heterocycles. The summed E-state index contributed by atoms with van der Waals surface area (Å²) in [7, 11) is 0. The average molecular weight is 465 g/mol. The van der Waals surface area contributed by atoms with Gasteiger partial charge in [0.05, 0.1) is 0 Å². The van der Waals surface area contributed by atoms with Crippen LogP contribution in [0.2, 0.25) is 0 Å². The van der Waals surface area contributed by atoms with E-state index < -0.39 is 0 Å². The van der Waals surface area contributed by atoms with E-state index in [1.165, 1.54) is 50.5 Å². The van der Waals surface area contributed by atoms with Crippen molar-refractivity contribution in [2.75, 3.05) is 6.61 Å². The average Bonchev–Trinajstić information content (AvgIpc) is 3.20. The Morgan fingerprint density at radius 1 is 1.00 bits per heavy atom. The number of aryl methyl sites for hydroxylation is 3. The van der Waals surface area contributed by atoms with Gasteiger partial charge in [0.25, 0.3) is 0 Å². The van der Waals surface area contributed by atoms with E-state index >= 15 is 0 Å². The molecule has 2 aromatic carbocycles. The Kier molecular flexibility index (Phi) is 10.4. The van der Waals surface area contributed by atoms with E-state index in [1.54, 1.807) is 11.6 Å². The Labute approximate surface area is 207 Å². The third-order valence-corrected chi connectivity index (χ3v) is 7.88. The molecule has 0 aliphatic heterocycles. The van der Waals surface area contributed by atoms with Gasteiger partial charge in [-0.15, -0.1) is 0 Å². The molecule has 2 aromatic rings. The molecule has 0 amide bonds. The van der Waals surface area contributed by atoms with E-state index in [0.29, 0.717) is 18.4 Å². The summed E-state index contributed by atoms with van der Waals surface area (Å²) in [6.07, 6.45) is 13.5. The highest BCUT2D eigenvalue weighted by Gasteiger charge is 2.54. The third-order valence-electron chi connectivity index (χ3n) is 7.88. The number of allylic oxidation sites excluding steroid dienone is 2. The second kappa shape index (κ2) is 13.2. The lowest BCUT2D eigenvalue weighted by Gasteiger charge is -2.10. The number of rotatable bonds is 5. The molecule has 0 aromatic heterocycles. The van der Waals surface area contributed by atoms with Gasteiger partial charge in [-0.2, -0.15) is 0 Å². The Morgan fingerprint density at radius 3 is 2.24 bits per heavy atom. The molecule has 2 unspecified atom stereocenters. The largest absolute Gasteiger partial charge is 0.396 e. The van der Waals surface area contributed by atoms with E-state index in [4.69, 9.17) is 5.11 Å². The number of unbranched alkanes of at least 4 members (excludes halogenated alkanes) is 1. The molecule has 1 nitrogen and oxygen atoms in total. The van der Waals surface area contributed by atoms with Crippen molar-refractivity contribution in [1.29, 1.82) is 0 Å². The molecule has 1 N–H and O–H groups in total. The number of fused-ring (bicyclic) bond motifs is 1. The number of benzene rings is 2. The van der Waals surface area contributed by atoms with Crippen molar-refractivity contribution in [2.45, 2.75) is 91.4 Å². The molecule has 5 rings (SSSR count). The van der Waals surface area contributed by atoms with E-state index in [-0.39, 0.29) is 5.82 Å². The zero-order chi connectivity index (χ0) is 24.5. The molecular formula is C32H45FO. The molecule has 0 heterocycles. The van der Waals surface area contributed by atoms with Gasteiger partial charge in [-0.05, 0) is 111 Å². The Balaban J connectivity index is 0.000000151. The first-order valence-electron chi connectivity index (χ1n) is 13.6. The first-order chi connectivity index (χ1) is 16.5. The van der Waals surface area contributed by atoms with Crippen molar-refractivity contribution in [1.82, 2.24) is 0 Å². The Morgan fingerprint density at radius 2 is 1.71 bits per heavy atom. The van der Waals surface area contributed by atoms with E-state index in [0.717, 1.165) is 41.4 Å². The molecule has 3 aliphatic carbocycles. The summed E-state index contributed by atoms with van der Waals surface area (Å²) in [6.45, 7) is 8.77. The van der Waals surface area contributed by atoms with Crippen LogP contribution in [0.1, 0.15) is 93.4 Å². The van der Waals surface area contributed by atoms with Crippen molar-refractivity contribution >= 4 is 0 Å². The second-order valence-electron chi connectivity index (χ2n) is 10.5. The van der Waals surface area contributed by atoms with Gasteiger partial charge >= 0.3 is 0 Å². The number of aliphatic hydroxyl groups is 1. The monoisotopic (exact) mass is 464 g/mol. The summed E-state index contributed by atoms with van der Waals surface area (Å²) in [4.78, 5) is 0. The van der Waals surface area contributed by atoms with Crippen molar-refractivity contribution in [3.8, 4) is 0 Å². The maximum atomic E-state index is 13.9. The molecule has 3 aliphatic rings. The Bertz CT molecular complexity index is 883. The van der Waals surface area contributed by atoms with Crippen molar-refractivity contribution in [3.63, 3.8) is 0 Å². The summed E-state index contributed by atoms with van der Waals surface area (Å²) in [5.74, 6) is 2.77. The molecule has 186 valence electrons. The predicted octanol–water partition coefficient (Wildman–Crippen LogP) is 8.71. The lowest BCUT2D eigenvalue weighted by Crippen LogP contribution is -1.97. The standard InChI is InChI=1S/C14H17F.C10H18O.C8H10/c1-8-6-9(2)13(12(15)7-8)14-10-4-3-5-11(10)14;1-2-3-4-9-5-6-10(7-9)8-11;1-2-8-6-4-3-5-7-8/h6-7,10-11,14H,3-5H2,1-2H3;4,10-11H,2-3,5-8H2,1H3;3-7H,2H2,1H3/b;9-4+;/t;10-;/m.0./s1. The van der Waals surface area contributed by atoms with Crippen molar-refractivity contribution in [2.24, 2.45) is 17.8 Å². The molecule has 3 fully saturated rings. The zero-order valence-electron chi connectivity index (χ0n) is 21.8. The third kappa shape index (κ3) is 7.28. The summed E-state index contributed by atoms with van der Waals surface area (Å²) in [6, 6.07) is 14.3. The van der Waals surface area contributed by atoms with Crippen LogP contribution in [0.15, 0.2) is 54.1 Å². The maximum Gasteiger partial charge on any atom is 0.127 e. The van der Waals surface area contributed by atoms with Gasteiger partial charge < -0.3 is 5.11 Å². The zero-order valence-corrected chi connectivity index (χ0v) is 21.8. The molecule has 34 heavy (non-hydrogen) atoms. The van der Waals surface area contributed by atoms with Crippen LogP contribution in [0.3, 0.4) is 0 Å². The second-order valence-corrected chi connectivity index (χ2v) is 10.5.